The zero-order chi connectivity index (χ0) is 38.0. The zero-order valence-electron chi connectivity index (χ0n) is 31.6. The molecule has 2 atom stereocenters. The average molecular weight is 723 g/mol. The Bertz CT molecular complexity index is 2380. The van der Waals surface area contributed by atoms with Crippen molar-refractivity contribution in [2.45, 2.75) is 24.9 Å². The third kappa shape index (κ3) is 6.35. The summed E-state index contributed by atoms with van der Waals surface area (Å²) in [6, 6.07) is 60.6. The first kappa shape index (κ1) is 34.7. The quantitative estimate of drug-likeness (QED) is 0.156. The molecule has 0 fully saturated rings. The monoisotopic (exact) mass is 722 g/mol. The molecule has 0 saturated carbocycles. The van der Waals surface area contributed by atoms with Gasteiger partial charge in [-0.05, 0) is 131 Å². The second-order valence-electron chi connectivity index (χ2n) is 14.7. The van der Waals surface area contributed by atoms with Crippen LogP contribution in [0.25, 0.3) is 22.5 Å². The predicted octanol–water partition coefficient (Wildman–Crippen LogP) is 12.2. The van der Waals surface area contributed by atoms with Gasteiger partial charge in [-0.15, -0.1) is 0 Å². The largest absolute Gasteiger partial charge is 0.327 e. The summed E-state index contributed by atoms with van der Waals surface area (Å²) in [7, 11) is 0. The van der Waals surface area contributed by atoms with Crippen molar-refractivity contribution in [1.82, 2.24) is 9.97 Å². The average Bonchev–Trinajstić information content (AvgIpc) is 3.28. The smallest absolute Gasteiger partial charge is 0.0867 e. The number of hydrogen-bond acceptors (Lipinski definition) is 4. The highest BCUT2D eigenvalue weighted by Crippen LogP contribution is 2.49. The molecule has 56 heavy (non-hydrogen) atoms. The first-order valence-corrected chi connectivity index (χ1v) is 19.1. The zero-order valence-corrected chi connectivity index (χ0v) is 31.6. The molecule has 2 aromatic heterocycles. The predicted molar refractivity (Wildman–Crippen MR) is 232 cm³/mol. The molecular weight excluding hydrogens is 681 g/mol. The van der Waals surface area contributed by atoms with Crippen molar-refractivity contribution in [1.29, 1.82) is 0 Å². The molecule has 4 nitrogen and oxygen atoms in total. The lowest BCUT2D eigenvalue weighted by Gasteiger charge is -2.47. The van der Waals surface area contributed by atoms with Gasteiger partial charge < -0.3 is 9.80 Å². The number of nitrogens with zero attached hydrogens (tertiary/aromatic N) is 4. The number of allylic oxidation sites excluding steroid dienone is 4. The van der Waals surface area contributed by atoms with Gasteiger partial charge in [-0.1, -0.05) is 121 Å². The van der Waals surface area contributed by atoms with E-state index in [9.17, 15) is 0 Å². The minimum Gasteiger partial charge on any atom is -0.327 e. The number of benzene rings is 5. The molecule has 5 aromatic carbocycles. The van der Waals surface area contributed by atoms with Gasteiger partial charge in [0.25, 0.3) is 0 Å². The number of rotatable bonds is 8. The Kier molecular flexibility index (Phi) is 9.08. The summed E-state index contributed by atoms with van der Waals surface area (Å²) >= 11 is 0. The maximum absolute atomic E-state index is 4.32. The lowest BCUT2D eigenvalue weighted by molar-refractivity contribution is 0.603. The molecule has 0 spiro atoms. The highest BCUT2D eigenvalue weighted by Gasteiger charge is 2.40. The Morgan fingerprint density at radius 1 is 0.357 bits per heavy atom. The van der Waals surface area contributed by atoms with E-state index in [0.29, 0.717) is 0 Å². The van der Waals surface area contributed by atoms with Crippen molar-refractivity contribution in [2.24, 2.45) is 0 Å². The van der Waals surface area contributed by atoms with Gasteiger partial charge in [0.05, 0.1) is 22.5 Å². The first-order chi connectivity index (χ1) is 27.5. The van der Waals surface area contributed by atoms with Crippen LogP contribution in [-0.2, 0) is 11.1 Å². The molecule has 0 N–H and O–H groups in total. The molecular formula is C52H42N4. The molecule has 0 bridgehead atoms. The third-order valence-corrected chi connectivity index (χ3v) is 11.1. The molecule has 0 saturated heterocycles. The standard InChI is InChI=1S/C52H42N4/c1-51(45-19-11-5-12-20-45)37-43(39-27-31-53-32-28-39)35-49(41-15-7-3-8-16-41)55(51)47-23-25-48(26-24-47)56-50(42-17-9-4-10-18-42)36-44(40-29-33-54-34-30-40)38-52(56,2)46-21-13-6-14-22-46/h3-38H,1-2H3. The second kappa shape index (κ2) is 14.7. The van der Waals surface area contributed by atoms with Gasteiger partial charge >= 0.3 is 0 Å². The summed E-state index contributed by atoms with van der Waals surface area (Å²) in [6.45, 7) is 4.65. The first-order valence-electron chi connectivity index (χ1n) is 19.1. The van der Waals surface area contributed by atoms with Crippen LogP contribution >= 0.6 is 0 Å². The number of hydrogen-bond donors (Lipinski definition) is 0. The van der Waals surface area contributed by atoms with Gasteiger partial charge in [0.15, 0.2) is 0 Å². The van der Waals surface area contributed by atoms with Crippen LogP contribution in [0.5, 0.6) is 0 Å². The summed E-state index contributed by atoms with van der Waals surface area (Å²) in [6.07, 6.45) is 16.9. The van der Waals surface area contributed by atoms with E-state index in [2.05, 4.69) is 228 Å². The van der Waals surface area contributed by atoms with Gasteiger partial charge in [-0.2, -0.15) is 0 Å². The summed E-state index contributed by atoms with van der Waals surface area (Å²) in [5.41, 5.74) is 12.7. The maximum atomic E-state index is 4.32. The second-order valence-corrected chi connectivity index (χ2v) is 14.7. The van der Waals surface area contributed by atoms with Crippen molar-refractivity contribution >= 4 is 33.9 Å². The van der Waals surface area contributed by atoms with E-state index in [1.54, 1.807) is 0 Å². The van der Waals surface area contributed by atoms with Crippen LogP contribution in [0.3, 0.4) is 0 Å². The van der Waals surface area contributed by atoms with E-state index in [1.807, 2.05) is 24.8 Å². The van der Waals surface area contributed by atoms with Crippen LogP contribution in [0, 0.1) is 0 Å². The Labute approximate surface area is 329 Å². The summed E-state index contributed by atoms with van der Waals surface area (Å²) in [5.74, 6) is 0. The molecule has 4 heterocycles. The molecule has 9 rings (SSSR count). The van der Waals surface area contributed by atoms with Crippen LogP contribution in [0.2, 0.25) is 0 Å². The van der Waals surface area contributed by atoms with Crippen molar-refractivity contribution in [3.05, 3.63) is 252 Å². The molecule has 2 aliphatic rings. The van der Waals surface area contributed by atoms with Crippen LogP contribution in [-0.4, -0.2) is 9.97 Å². The molecule has 2 aliphatic heterocycles. The number of pyridine rings is 2. The lowest BCUT2D eigenvalue weighted by atomic mass is 9.81. The summed E-state index contributed by atoms with van der Waals surface area (Å²) in [4.78, 5) is 13.6. The van der Waals surface area contributed by atoms with Crippen LogP contribution in [0.15, 0.2) is 219 Å². The maximum Gasteiger partial charge on any atom is 0.0867 e. The van der Waals surface area contributed by atoms with Crippen LogP contribution in [0.4, 0.5) is 11.4 Å². The fourth-order valence-corrected chi connectivity index (χ4v) is 8.35. The van der Waals surface area contributed by atoms with E-state index in [4.69, 9.17) is 0 Å². The molecule has 4 heteroatoms. The Morgan fingerprint density at radius 3 is 1.02 bits per heavy atom. The van der Waals surface area contributed by atoms with Gasteiger partial charge in [-0.3, -0.25) is 9.97 Å². The lowest BCUT2D eigenvalue weighted by Crippen LogP contribution is -2.44. The normalized spacial score (nSPS) is 19.4. The summed E-state index contributed by atoms with van der Waals surface area (Å²) in [5, 5.41) is 0. The molecule has 0 aliphatic carbocycles. The van der Waals surface area contributed by atoms with E-state index in [-0.39, 0.29) is 0 Å². The molecule has 0 radical (unpaired) electrons. The highest BCUT2D eigenvalue weighted by atomic mass is 15.2. The topological polar surface area (TPSA) is 32.3 Å². The molecule has 7 aromatic rings. The van der Waals surface area contributed by atoms with Crippen LogP contribution < -0.4 is 9.80 Å². The van der Waals surface area contributed by atoms with Crippen molar-refractivity contribution in [3.63, 3.8) is 0 Å². The Hall–Kier alpha value is -7.04. The van der Waals surface area contributed by atoms with Crippen molar-refractivity contribution < 1.29 is 0 Å². The van der Waals surface area contributed by atoms with Gasteiger partial charge in [0.2, 0.25) is 0 Å². The molecule has 0 amide bonds. The Morgan fingerprint density at radius 2 is 0.679 bits per heavy atom. The van der Waals surface area contributed by atoms with E-state index < -0.39 is 11.1 Å². The van der Waals surface area contributed by atoms with Crippen LogP contribution in [0.1, 0.15) is 47.2 Å². The van der Waals surface area contributed by atoms with Gasteiger partial charge in [0, 0.05) is 36.2 Å². The van der Waals surface area contributed by atoms with Gasteiger partial charge in [0.1, 0.15) is 0 Å². The fraction of sp³-hybridized carbons (Fsp3) is 0.0769. The molecule has 2 unspecified atom stereocenters. The van der Waals surface area contributed by atoms with Gasteiger partial charge in [-0.25, -0.2) is 0 Å². The number of anilines is 2. The van der Waals surface area contributed by atoms with Crippen molar-refractivity contribution in [2.75, 3.05) is 9.80 Å². The Balaban J connectivity index is 1.22. The minimum absolute atomic E-state index is 0.526. The number of aromatic nitrogens is 2. The summed E-state index contributed by atoms with van der Waals surface area (Å²) < 4.78 is 0. The van der Waals surface area contributed by atoms with E-state index >= 15 is 0 Å². The van der Waals surface area contributed by atoms with Crippen molar-refractivity contribution in [3.8, 4) is 0 Å². The third-order valence-electron chi connectivity index (χ3n) is 11.1. The SMILES string of the molecule is CC1(c2ccccc2)C=C(c2ccncc2)C=C(c2ccccc2)N1c1ccc(N2C(c3ccccc3)=CC(c3ccncc3)=CC2(C)c2ccccc2)cc1. The van der Waals surface area contributed by atoms with E-state index in [0.717, 1.165) is 56.2 Å². The van der Waals surface area contributed by atoms with E-state index in [1.165, 1.54) is 11.1 Å². The minimum atomic E-state index is -0.526. The molecule has 270 valence electrons. The highest BCUT2D eigenvalue weighted by molar-refractivity contribution is 5.97. The fourth-order valence-electron chi connectivity index (χ4n) is 8.35.